The summed E-state index contributed by atoms with van der Waals surface area (Å²) in [5, 5.41) is 9.01. The van der Waals surface area contributed by atoms with Crippen LogP contribution in [0.25, 0.3) is 0 Å². The van der Waals surface area contributed by atoms with E-state index >= 15 is 0 Å². The lowest BCUT2D eigenvalue weighted by molar-refractivity contribution is -0.129. The highest BCUT2D eigenvalue weighted by atomic mass is 32.2. The van der Waals surface area contributed by atoms with Crippen molar-refractivity contribution in [2.24, 2.45) is 5.92 Å². The molecular weight excluding hydrogens is 360 g/mol. The molecule has 10 heteroatoms. The lowest BCUT2D eigenvalue weighted by Crippen LogP contribution is -2.45. The monoisotopic (exact) mass is 386 g/mol. The molecule has 26 heavy (non-hydrogen) atoms. The SMILES string of the molecule is Cc1noc(C)c1S(=O)(=O)N1CCC(C(=O)NCC(=O)NC(C)C)CC1. The Kier molecular flexibility index (Phi) is 6.40. The molecule has 2 amide bonds. The van der Waals surface area contributed by atoms with E-state index in [0.29, 0.717) is 18.5 Å². The first-order valence-corrected chi connectivity index (χ1v) is 10.1. The number of rotatable bonds is 6. The molecule has 0 radical (unpaired) electrons. The van der Waals surface area contributed by atoms with Crippen LogP contribution in [-0.2, 0) is 19.6 Å². The maximum absolute atomic E-state index is 12.8. The molecule has 1 fully saturated rings. The van der Waals surface area contributed by atoms with E-state index in [1.54, 1.807) is 13.8 Å². The first-order chi connectivity index (χ1) is 12.1. The van der Waals surface area contributed by atoms with Gasteiger partial charge in [-0.3, -0.25) is 9.59 Å². The van der Waals surface area contributed by atoms with E-state index in [9.17, 15) is 18.0 Å². The lowest BCUT2D eigenvalue weighted by atomic mass is 9.97. The molecular formula is C16H26N4O5S. The minimum Gasteiger partial charge on any atom is -0.360 e. The van der Waals surface area contributed by atoms with Gasteiger partial charge in [-0.2, -0.15) is 4.31 Å². The second kappa shape index (κ2) is 8.17. The largest absolute Gasteiger partial charge is 0.360 e. The number of sulfonamides is 1. The third kappa shape index (κ3) is 4.61. The van der Waals surface area contributed by atoms with Crippen LogP contribution in [0.1, 0.15) is 38.1 Å². The second-order valence-electron chi connectivity index (χ2n) is 6.77. The van der Waals surface area contributed by atoms with Crippen LogP contribution in [0.15, 0.2) is 9.42 Å². The van der Waals surface area contributed by atoms with Gasteiger partial charge in [-0.1, -0.05) is 5.16 Å². The molecule has 9 nitrogen and oxygen atoms in total. The topological polar surface area (TPSA) is 122 Å². The normalized spacial score (nSPS) is 16.7. The Hall–Kier alpha value is -1.94. The van der Waals surface area contributed by atoms with Gasteiger partial charge in [0, 0.05) is 25.0 Å². The van der Waals surface area contributed by atoms with Gasteiger partial charge in [-0.05, 0) is 40.5 Å². The van der Waals surface area contributed by atoms with Gasteiger partial charge >= 0.3 is 0 Å². The van der Waals surface area contributed by atoms with Crippen LogP contribution < -0.4 is 10.6 Å². The highest BCUT2D eigenvalue weighted by molar-refractivity contribution is 7.89. The zero-order valence-electron chi connectivity index (χ0n) is 15.5. The molecule has 1 aromatic rings. The summed E-state index contributed by atoms with van der Waals surface area (Å²) >= 11 is 0. The van der Waals surface area contributed by atoms with E-state index in [1.165, 1.54) is 4.31 Å². The predicted octanol–water partition coefficient (Wildman–Crippen LogP) is 0.333. The number of hydrogen-bond donors (Lipinski definition) is 2. The molecule has 2 heterocycles. The van der Waals surface area contributed by atoms with Crippen molar-refractivity contribution in [3.63, 3.8) is 0 Å². The van der Waals surface area contributed by atoms with Crippen molar-refractivity contribution in [2.45, 2.75) is 51.5 Å². The van der Waals surface area contributed by atoms with Crippen molar-refractivity contribution >= 4 is 21.8 Å². The molecule has 1 aliphatic heterocycles. The van der Waals surface area contributed by atoms with E-state index in [2.05, 4.69) is 15.8 Å². The van der Waals surface area contributed by atoms with Gasteiger partial charge in [-0.25, -0.2) is 8.42 Å². The molecule has 0 spiro atoms. The Labute approximate surface area is 153 Å². The molecule has 0 aromatic carbocycles. The number of amides is 2. The average molecular weight is 386 g/mol. The van der Waals surface area contributed by atoms with Gasteiger partial charge in [0.25, 0.3) is 0 Å². The smallest absolute Gasteiger partial charge is 0.248 e. The van der Waals surface area contributed by atoms with Gasteiger partial charge in [0.2, 0.25) is 21.8 Å². The van der Waals surface area contributed by atoms with Gasteiger partial charge < -0.3 is 15.2 Å². The second-order valence-corrected chi connectivity index (χ2v) is 8.65. The van der Waals surface area contributed by atoms with E-state index in [4.69, 9.17) is 4.52 Å². The van der Waals surface area contributed by atoms with Gasteiger partial charge in [0.1, 0.15) is 10.6 Å². The fourth-order valence-electron chi connectivity index (χ4n) is 3.02. The molecule has 0 unspecified atom stereocenters. The molecule has 0 atom stereocenters. The maximum atomic E-state index is 12.8. The Morgan fingerprint density at radius 2 is 1.88 bits per heavy atom. The number of aryl methyl sites for hydroxylation is 2. The number of carbonyl (C=O) groups excluding carboxylic acids is 2. The first kappa shape index (κ1) is 20.4. The van der Waals surface area contributed by atoms with Crippen molar-refractivity contribution in [1.29, 1.82) is 0 Å². The Bertz CT molecular complexity index is 744. The molecule has 2 rings (SSSR count). The molecule has 146 valence electrons. The maximum Gasteiger partial charge on any atom is 0.248 e. The minimum atomic E-state index is -3.69. The summed E-state index contributed by atoms with van der Waals surface area (Å²) in [5.74, 6) is -0.512. The van der Waals surface area contributed by atoms with E-state index in [-0.39, 0.29) is 54.1 Å². The van der Waals surface area contributed by atoms with E-state index < -0.39 is 10.0 Å². The number of nitrogens with zero attached hydrogens (tertiary/aromatic N) is 2. The number of carbonyl (C=O) groups is 2. The van der Waals surface area contributed by atoms with Gasteiger partial charge in [0.05, 0.1) is 6.54 Å². The van der Waals surface area contributed by atoms with Crippen LogP contribution in [0, 0.1) is 19.8 Å². The first-order valence-electron chi connectivity index (χ1n) is 8.63. The summed E-state index contributed by atoms with van der Waals surface area (Å²) in [6, 6.07) is 0.0113. The minimum absolute atomic E-state index is 0.0113. The number of piperidine rings is 1. The van der Waals surface area contributed by atoms with Crippen LogP contribution in [0.5, 0.6) is 0 Å². The molecule has 2 N–H and O–H groups in total. The summed E-state index contributed by atoms with van der Waals surface area (Å²) in [5.41, 5.74) is 0.332. The lowest BCUT2D eigenvalue weighted by Gasteiger charge is -2.30. The fraction of sp³-hybridized carbons (Fsp3) is 0.688. The van der Waals surface area contributed by atoms with E-state index in [1.807, 2.05) is 13.8 Å². The van der Waals surface area contributed by atoms with Crippen molar-refractivity contribution in [2.75, 3.05) is 19.6 Å². The zero-order chi connectivity index (χ0) is 19.5. The summed E-state index contributed by atoms with van der Waals surface area (Å²) in [4.78, 5) is 23.9. The summed E-state index contributed by atoms with van der Waals surface area (Å²) in [6.07, 6.45) is 0.806. The average Bonchev–Trinajstić information content (AvgIpc) is 2.91. The van der Waals surface area contributed by atoms with Crippen LogP contribution >= 0.6 is 0 Å². The van der Waals surface area contributed by atoms with E-state index in [0.717, 1.165) is 0 Å². The predicted molar refractivity (Wildman–Crippen MR) is 93.7 cm³/mol. The van der Waals surface area contributed by atoms with Crippen molar-refractivity contribution < 1.29 is 22.5 Å². The molecule has 0 aliphatic carbocycles. The van der Waals surface area contributed by atoms with Crippen molar-refractivity contribution in [1.82, 2.24) is 20.1 Å². The Balaban J connectivity index is 1.91. The highest BCUT2D eigenvalue weighted by Gasteiger charge is 2.35. The zero-order valence-corrected chi connectivity index (χ0v) is 16.4. The molecule has 1 saturated heterocycles. The molecule has 1 aliphatic rings. The standard InChI is InChI=1S/C16H26N4O5S/c1-10(2)18-14(21)9-17-16(22)13-5-7-20(8-6-13)26(23,24)15-11(3)19-25-12(15)4/h10,13H,5-9H2,1-4H3,(H,17,22)(H,18,21). The summed E-state index contributed by atoms with van der Waals surface area (Å²) < 4.78 is 31.8. The van der Waals surface area contributed by atoms with Gasteiger partial charge in [-0.15, -0.1) is 0 Å². The number of hydrogen-bond acceptors (Lipinski definition) is 6. The third-order valence-corrected chi connectivity index (χ3v) is 6.41. The van der Waals surface area contributed by atoms with Crippen LogP contribution in [-0.4, -0.2) is 55.4 Å². The molecule has 0 bridgehead atoms. The van der Waals surface area contributed by atoms with Gasteiger partial charge in [0.15, 0.2) is 5.76 Å². The Morgan fingerprint density at radius 3 is 2.38 bits per heavy atom. The molecule has 0 saturated carbocycles. The van der Waals surface area contributed by atoms with Crippen LogP contribution in [0.3, 0.4) is 0 Å². The molecule has 1 aromatic heterocycles. The van der Waals surface area contributed by atoms with Crippen LogP contribution in [0.2, 0.25) is 0 Å². The third-order valence-electron chi connectivity index (χ3n) is 4.26. The van der Waals surface area contributed by atoms with Crippen molar-refractivity contribution in [3.8, 4) is 0 Å². The fourth-order valence-corrected chi connectivity index (χ4v) is 4.78. The van der Waals surface area contributed by atoms with Crippen molar-refractivity contribution in [3.05, 3.63) is 11.5 Å². The number of aromatic nitrogens is 1. The summed E-state index contributed by atoms with van der Waals surface area (Å²) in [6.45, 7) is 7.24. The highest BCUT2D eigenvalue weighted by Crippen LogP contribution is 2.27. The quantitative estimate of drug-likeness (QED) is 0.727. The van der Waals surface area contributed by atoms with Crippen LogP contribution in [0.4, 0.5) is 0 Å². The summed E-state index contributed by atoms with van der Waals surface area (Å²) in [7, 11) is -3.69. The Morgan fingerprint density at radius 1 is 1.27 bits per heavy atom. The number of nitrogens with one attached hydrogen (secondary N) is 2.